The van der Waals surface area contributed by atoms with Gasteiger partial charge >= 0.3 is 0 Å². The van der Waals surface area contributed by atoms with Crippen LogP contribution in [-0.4, -0.2) is 52.4 Å². The topological polar surface area (TPSA) is 72.3 Å². The van der Waals surface area contributed by atoms with E-state index in [0.29, 0.717) is 49.7 Å². The Bertz CT molecular complexity index is 808. The molecule has 1 aliphatic heterocycles. The van der Waals surface area contributed by atoms with Crippen LogP contribution in [0, 0.1) is 5.82 Å². The summed E-state index contributed by atoms with van der Waals surface area (Å²) < 4.78 is 21.1. The number of methoxy groups -OCH3 is 1. The highest BCUT2D eigenvalue weighted by atomic mass is 35.5. The van der Waals surface area contributed by atoms with E-state index in [9.17, 15) is 9.18 Å². The van der Waals surface area contributed by atoms with Crippen LogP contribution in [0.15, 0.2) is 18.2 Å². The summed E-state index contributed by atoms with van der Waals surface area (Å²) in [7, 11) is 1.56. The van der Waals surface area contributed by atoms with Gasteiger partial charge in [-0.3, -0.25) is 9.69 Å². The Morgan fingerprint density at radius 3 is 2.93 bits per heavy atom. The third-order valence-corrected chi connectivity index (χ3v) is 5.24. The lowest BCUT2D eigenvalue weighted by Gasteiger charge is -2.21. The van der Waals surface area contributed by atoms with Crippen molar-refractivity contribution in [2.24, 2.45) is 0 Å². The molecule has 1 atom stereocenters. The van der Waals surface area contributed by atoms with Crippen molar-refractivity contribution in [2.45, 2.75) is 38.9 Å². The second-order valence-corrected chi connectivity index (χ2v) is 7.29. The smallest absolute Gasteiger partial charge is 0.222 e. The summed E-state index contributed by atoms with van der Waals surface area (Å²) in [6.07, 6.45) is 1.00. The number of carbonyl (C=O) groups excluding carboxylic acids is 1. The summed E-state index contributed by atoms with van der Waals surface area (Å²) in [5.74, 6) is 1.22. The van der Waals surface area contributed by atoms with Gasteiger partial charge in [0.1, 0.15) is 11.6 Å². The molecule has 2 aromatic rings. The number of rotatable bonds is 7. The Balaban J connectivity index is 1.65. The van der Waals surface area contributed by atoms with E-state index in [1.165, 1.54) is 6.07 Å². The van der Waals surface area contributed by atoms with Gasteiger partial charge in [-0.1, -0.05) is 17.7 Å². The first-order valence-corrected chi connectivity index (χ1v) is 9.73. The number of amides is 1. The fourth-order valence-corrected chi connectivity index (χ4v) is 3.57. The molecule has 7 nitrogen and oxygen atoms in total. The van der Waals surface area contributed by atoms with Crippen molar-refractivity contribution in [1.29, 1.82) is 0 Å². The standard InChI is InChI=1S/C19H25ClFN5O2/c1-13(22-18(27)7-11-28-2)19-24-23-17-6-8-25(9-10-26(17)19)12-14-15(20)4-3-5-16(14)21/h3-5,13H,6-12H2,1-2H3,(H,22,27)/t13-/m1/s1. The van der Waals surface area contributed by atoms with Crippen LogP contribution in [0.1, 0.15) is 36.6 Å². The lowest BCUT2D eigenvalue weighted by molar-refractivity contribution is -0.122. The van der Waals surface area contributed by atoms with E-state index in [4.69, 9.17) is 16.3 Å². The van der Waals surface area contributed by atoms with Gasteiger partial charge in [-0.2, -0.15) is 0 Å². The molecule has 0 fully saturated rings. The summed E-state index contributed by atoms with van der Waals surface area (Å²) in [5.41, 5.74) is 0.515. The summed E-state index contributed by atoms with van der Waals surface area (Å²) in [4.78, 5) is 14.1. The minimum atomic E-state index is -0.288. The van der Waals surface area contributed by atoms with E-state index in [1.54, 1.807) is 19.2 Å². The SMILES string of the molecule is COCCC(=O)N[C@H](C)c1nnc2n1CCN(Cc1c(F)cccc1Cl)CC2. The first-order valence-electron chi connectivity index (χ1n) is 9.35. The summed E-state index contributed by atoms with van der Waals surface area (Å²) in [6.45, 7) is 4.84. The molecule has 1 amide bonds. The molecule has 0 radical (unpaired) electrons. The molecule has 9 heteroatoms. The zero-order chi connectivity index (χ0) is 20.1. The Labute approximate surface area is 168 Å². The van der Waals surface area contributed by atoms with E-state index < -0.39 is 0 Å². The van der Waals surface area contributed by atoms with Crippen molar-refractivity contribution in [3.05, 3.63) is 46.3 Å². The van der Waals surface area contributed by atoms with Gasteiger partial charge in [-0.15, -0.1) is 10.2 Å². The summed E-state index contributed by atoms with van der Waals surface area (Å²) in [6, 6.07) is 4.50. The molecule has 1 aromatic heterocycles. The highest BCUT2D eigenvalue weighted by Crippen LogP contribution is 2.22. The first kappa shape index (κ1) is 20.7. The van der Waals surface area contributed by atoms with Crippen LogP contribution in [0.3, 0.4) is 0 Å². The van der Waals surface area contributed by atoms with Crippen molar-refractivity contribution in [3.63, 3.8) is 0 Å². The first-order chi connectivity index (χ1) is 13.5. The molecule has 0 aliphatic carbocycles. The highest BCUT2D eigenvalue weighted by Gasteiger charge is 2.23. The lowest BCUT2D eigenvalue weighted by atomic mass is 10.2. The molecule has 0 saturated heterocycles. The monoisotopic (exact) mass is 409 g/mol. The number of carbonyl (C=O) groups is 1. The minimum absolute atomic E-state index is 0.0869. The van der Waals surface area contributed by atoms with Gasteiger partial charge in [0.05, 0.1) is 12.6 Å². The fourth-order valence-electron chi connectivity index (χ4n) is 3.35. The van der Waals surface area contributed by atoms with Crippen molar-refractivity contribution >= 4 is 17.5 Å². The van der Waals surface area contributed by atoms with Gasteiger partial charge < -0.3 is 14.6 Å². The zero-order valence-corrected chi connectivity index (χ0v) is 16.9. The molecular weight excluding hydrogens is 385 g/mol. The van der Waals surface area contributed by atoms with Gasteiger partial charge in [-0.05, 0) is 19.1 Å². The van der Waals surface area contributed by atoms with E-state index in [-0.39, 0.29) is 17.8 Å². The second-order valence-electron chi connectivity index (χ2n) is 6.88. The number of nitrogens with one attached hydrogen (secondary N) is 1. The van der Waals surface area contributed by atoms with Gasteiger partial charge in [0.25, 0.3) is 0 Å². The Hall–Kier alpha value is -2.03. The normalized spacial score (nSPS) is 15.7. The molecule has 2 heterocycles. The average Bonchev–Trinajstić information content (AvgIpc) is 2.97. The quantitative estimate of drug-likeness (QED) is 0.760. The second kappa shape index (κ2) is 9.45. The van der Waals surface area contributed by atoms with Crippen LogP contribution in [0.5, 0.6) is 0 Å². The Kier molecular flexibility index (Phi) is 6.98. The number of halogens is 2. The van der Waals surface area contributed by atoms with Gasteiger partial charge in [0, 0.05) is 56.7 Å². The van der Waals surface area contributed by atoms with E-state index in [2.05, 4.69) is 20.4 Å². The molecule has 0 bridgehead atoms. The molecule has 0 unspecified atom stereocenters. The van der Waals surface area contributed by atoms with Crippen LogP contribution in [-0.2, 0) is 29.0 Å². The van der Waals surface area contributed by atoms with Crippen LogP contribution >= 0.6 is 11.6 Å². The van der Waals surface area contributed by atoms with Crippen molar-refractivity contribution in [3.8, 4) is 0 Å². The van der Waals surface area contributed by atoms with Gasteiger partial charge in [0.15, 0.2) is 5.82 Å². The molecule has 3 rings (SSSR count). The van der Waals surface area contributed by atoms with Crippen molar-refractivity contribution < 1.29 is 13.9 Å². The number of nitrogens with zero attached hydrogens (tertiary/aromatic N) is 4. The highest BCUT2D eigenvalue weighted by molar-refractivity contribution is 6.31. The molecule has 152 valence electrons. The van der Waals surface area contributed by atoms with Gasteiger partial charge in [0.2, 0.25) is 5.91 Å². The molecule has 0 spiro atoms. The number of ether oxygens (including phenoxy) is 1. The minimum Gasteiger partial charge on any atom is -0.384 e. The maximum atomic E-state index is 14.1. The maximum Gasteiger partial charge on any atom is 0.222 e. The number of hydrogen-bond acceptors (Lipinski definition) is 5. The number of hydrogen-bond donors (Lipinski definition) is 1. The van der Waals surface area contributed by atoms with E-state index in [0.717, 1.165) is 18.2 Å². The van der Waals surface area contributed by atoms with Crippen LogP contribution in [0.2, 0.25) is 5.02 Å². The zero-order valence-electron chi connectivity index (χ0n) is 16.1. The van der Waals surface area contributed by atoms with Crippen LogP contribution < -0.4 is 5.32 Å². The Morgan fingerprint density at radius 2 is 2.18 bits per heavy atom. The Morgan fingerprint density at radius 1 is 1.36 bits per heavy atom. The number of fused-ring (bicyclic) bond motifs is 1. The predicted octanol–water partition coefficient (Wildman–Crippen LogP) is 2.34. The molecule has 28 heavy (non-hydrogen) atoms. The third kappa shape index (κ3) is 4.87. The van der Waals surface area contributed by atoms with Crippen LogP contribution in [0.25, 0.3) is 0 Å². The van der Waals surface area contributed by atoms with Crippen molar-refractivity contribution in [1.82, 2.24) is 25.0 Å². The van der Waals surface area contributed by atoms with E-state index in [1.807, 2.05) is 11.5 Å². The number of benzene rings is 1. The summed E-state index contributed by atoms with van der Waals surface area (Å²) >= 11 is 6.17. The largest absolute Gasteiger partial charge is 0.384 e. The van der Waals surface area contributed by atoms with Crippen molar-refractivity contribution in [2.75, 3.05) is 26.8 Å². The van der Waals surface area contributed by atoms with Crippen LogP contribution in [0.4, 0.5) is 4.39 Å². The molecule has 1 aromatic carbocycles. The predicted molar refractivity (Wildman–Crippen MR) is 103 cm³/mol. The van der Waals surface area contributed by atoms with Gasteiger partial charge in [-0.25, -0.2) is 4.39 Å². The van der Waals surface area contributed by atoms with E-state index >= 15 is 0 Å². The third-order valence-electron chi connectivity index (χ3n) is 4.89. The summed E-state index contributed by atoms with van der Waals surface area (Å²) in [5, 5.41) is 11.9. The molecule has 1 N–H and O–H groups in total. The number of aromatic nitrogens is 3. The maximum absolute atomic E-state index is 14.1. The molecule has 1 aliphatic rings. The molecular formula is C19H25ClFN5O2. The fraction of sp³-hybridized carbons (Fsp3) is 0.526. The molecule has 0 saturated carbocycles. The average molecular weight is 410 g/mol. The lowest BCUT2D eigenvalue weighted by Crippen LogP contribution is -2.30.